The van der Waals surface area contributed by atoms with Crippen LogP contribution < -0.4 is 16.4 Å². The number of rotatable bonds is 5. The largest absolute Gasteiger partial charge is 0.478 e. The summed E-state index contributed by atoms with van der Waals surface area (Å²) in [5, 5.41) is 14.0. The van der Waals surface area contributed by atoms with Gasteiger partial charge in [0.25, 0.3) is 5.91 Å². The van der Waals surface area contributed by atoms with Crippen LogP contribution in [0.4, 0.5) is 11.5 Å². The number of aromatic nitrogens is 1. The van der Waals surface area contributed by atoms with E-state index in [-0.39, 0.29) is 16.9 Å². The van der Waals surface area contributed by atoms with Crippen molar-refractivity contribution >= 4 is 29.3 Å². The zero-order valence-corrected chi connectivity index (χ0v) is 12.8. The number of nitrogen functional groups attached to an aromatic ring is 1. The van der Waals surface area contributed by atoms with Crippen LogP contribution in [0.2, 0.25) is 0 Å². The van der Waals surface area contributed by atoms with E-state index in [1.165, 1.54) is 31.3 Å². The van der Waals surface area contributed by atoms with E-state index in [4.69, 9.17) is 10.8 Å². The summed E-state index contributed by atoms with van der Waals surface area (Å²) in [4.78, 5) is 39.4. The smallest absolute Gasteiger partial charge is 0.336 e. The fraction of sp³-hybridized carbons (Fsp3) is 0.125. The predicted molar refractivity (Wildman–Crippen MR) is 87.6 cm³/mol. The van der Waals surface area contributed by atoms with Crippen molar-refractivity contribution in [2.45, 2.75) is 13.0 Å². The minimum absolute atomic E-state index is 0.0259. The molecule has 2 rings (SSSR count). The quantitative estimate of drug-likeness (QED) is 0.649. The number of nitrogens with two attached hydrogens (primary N) is 1. The maximum Gasteiger partial charge on any atom is 0.336 e. The number of pyridine rings is 1. The number of amides is 2. The van der Waals surface area contributed by atoms with Crippen molar-refractivity contribution in [3.63, 3.8) is 0 Å². The Bertz CT molecular complexity index is 791. The van der Waals surface area contributed by atoms with Gasteiger partial charge in [-0.05, 0) is 31.2 Å². The van der Waals surface area contributed by atoms with Crippen molar-refractivity contribution in [1.29, 1.82) is 0 Å². The van der Waals surface area contributed by atoms with Gasteiger partial charge in [-0.3, -0.25) is 9.59 Å². The Morgan fingerprint density at radius 2 is 1.79 bits per heavy atom. The van der Waals surface area contributed by atoms with Gasteiger partial charge in [-0.2, -0.15) is 0 Å². The fourth-order valence-corrected chi connectivity index (χ4v) is 1.95. The van der Waals surface area contributed by atoms with Gasteiger partial charge >= 0.3 is 5.97 Å². The summed E-state index contributed by atoms with van der Waals surface area (Å²) in [6, 6.07) is 8.03. The van der Waals surface area contributed by atoms with Crippen LogP contribution in [0.3, 0.4) is 0 Å². The lowest BCUT2D eigenvalue weighted by Gasteiger charge is -2.15. The molecule has 5 N–H and O–H groups in total. The topological polar surface area (TPSA) is 134 Å². The molecule has 8 nitrogen and oxygen atoms in total. The lowest BCUT2D eigenvalue weighted by molar-refractivity contribution is -0.117. The highest BCUT2D eigenvalue weighted by atomic mass is 16.4. The number of carbonyl (C=O) groups excluding carboxylic acids is 2. The van der Waals surface area contributed by atoms with Gasteiger partial charge in [0, 0.05) is 6.20 Å². The molecular weight excluding hydrogens is 312 g/mol. The highest BCUT2D eigenvalue weighted by Crippen LogP contribution is 2.13. The van der Waals surface area contributed by atoms with E-state index in [1.54, 1.807) is 18.2 Å². The molecule has 2 aromatic rings. The fourth-order valence-electron chi connectivity index (χ4n) is 1.95. The van der Waals surface area contributed by atoms with Crippen LogP contribution in [-0.2, 0) is 4.79 Å². The van der Waals surface area contributed by atoms with Gasteiger partial charge in [-0.25, -0.2) is 9.78 Å². The molecule has 124 valence electrons. The minimum atomic E-state index is -1.22. The third kappa shape index (κ3) is 3.86. The molecule has 0 bridgehead atoms. The standard InChI is InChI=1S/C16H16N4O4/c1-9(14(21)20-13-12(17)7-4-8-18-13)19-15(22)10-5-2-3-6-11(10)16(23)24/h2-9H,17H2,1H3,(H,19,22)(H,23,24)(H,18,20,21)/t9-/m0/s1. The van der Waals surface area contributed by atoms with Crippen LogP contribution in [0, 0.1) is 0 Å². The molecule has 0 aliphatic carbocycles. The Labute approximate surface area is 137 Å². The number of aromatic carboxylic acids is 1. The van der Waals surface area contributed by atoms with Crippen molar-refractivity contribution in [3.8, 4) is 0 Å². The van der Waals surface area contributed by atoms with Crippen molar-refractivity contribution in [1.82, 2.24) is 10.3 Å². The molecule has 2 amide bonds. The van der Waals surface area contributed by atoms with Crippen molar-refractivity contribution in [3.05, 3.63) is 53.7 Å². The molecule has 1 heterocycles. The highest BCUT2D eigenvalue weighted by Gasteiger charge is 2.21. The zero-order chi connectivity index (χ0) is 17.7. The van der Waals surface area contributed by atoms with Crippen LogP contribution in [0.15, 0.2) is 42.6 Å². The summed E-state index contributed by atoms with van der Waals surface area (Å²) in [5.41, 5.74) is 5.81. The normalized spacial score (nSPS) is 11.4. The van der Waals surface area contributed by atoms with E-state index >= 15 is 0 Å². The molecule has 24 heavy (non-hydrogen) atoms. The predicted octanol–water partition coefficient (Wildman–Crippen LogP) is 1.12. The summed E-state index contributed by atoms with van der Waals surface area (Å²) in [7, 11) is 0. The van der Waals surface area contributed by atoms with Crippen LogP contribution in [-0.4, -0.2) is 33.9 Å². The molecule has 0 saturated carbocycles. The van der Waals surface area contributed by atoms with Gasteiger partial charge in [0.2, 0.25) is 5.91 Å². The molecule has 0 aliphatic rings. The van der Waals surface area contributed by atoms with Gasteiger partial charge < -0.3 is 21.5 Å². The van der Waals surface area contributed by atoms with E-state index in [2.05, 4.69) is 15.6 Å². The van der Waals surface area contributed by atoms with E-state index in [0.29, 0.717) is 5.69 Å². The van der Waals surface area contributed by atoms with Crippen molar-refractivity contribution in [2.75, 3.05) is 11.1 Å². The lowest BCUT2D eigenvalue weighted by Crippen LogP contribution is -2.42. The van der Waals surface area contributed by atoms with Crippen LogP contribution in [0.25, 0.3) is 0 Å². The SMILES string of the molecule is C[C@H](NC(=O)c1ccccc1C(=O)O)C(=O)Nc1ncccc1N. The van der Waals surface area contributed by atoms with Crippen LogP contribution >= 0.6 is 0 Å². The van der Waals surface area contributed by atoms with Gasteiger partial charge in [-0.15, -0.1) is 0 Å². The van der Waals surface area contributed by atoms with Crippen LogP contribution in [0.1, 0.15) is 27.6 Å². The molecule has 0 spiro atoms. The van der Waals surface area contributed by atoms with Gasteiger partial charge in [-0.1, -0.05) is 12.1 Å². The molecule has 0 fully saturated rings. The number of carboxylic acids is 1. The second-order valence-corrected chi connectivity index (χ2v) is 4.98. The third-order valence-electron chi connectivity index (χ3n) is 3.22. The summed E-state index contributed by atoms with van der Waals surface area (Å²) in [6.45, 7) is 1.47. The first-order valence-electron chi connectivity index (χ1n) is 7.04. The molecule has 1 aromatic carbocycles. The average Bonchev–Trinajstić information content (AvgIpc) is 2.56. The maximum atomic E-state index is 12.2. The number of hydrogen-bond acceptors (Lipinski definition) is 5. The summed E-state index contributed by atoms with van der Waals surface area (Å²) < 4.78 is 0. The number of carboxylic acid groups (broad SMARTS) is 1. The Kier molecular flexibility index (Phi) is 5.10. The second kappa shape index (κ2) is 7.23. The first-order valence-corrected chi connectivity index (χ1v) is 7.04. The Morgan fingerprint density at radius 1 is 1.12 bits per heavy atom. The molecule has 0 saturated heterocycles. The number of nitrogens with zero attached hydrogens (tertiary/aromatic N) is 1. The molecule has 0 radical (unpaired) electrons. The van der Waals surface area contributed by atoms with Crippen LogP contribution in [0.5, 0.6) is 0 Å². The summed E-state index contributed by atoms with van der Waals surface area (Å²) >= 11 is 0. The first-order chi connectivity index (χ1) is 11.4. The second-order valence-electron chi connectivity index (χ2n) is 4.98. The molecule has 8 heteroatoms. The molecule has 0 unspecified atom stereocenters. The average molecular weight is 328 g/mol. The lowest BCUT2D eigenvalue weighted by atomic mass is 10.1. The Hall–Kier alpha value is -3.42. The van der Waals surface area contributed by atoms with E-state index < -0.39 is 23.8 Å². The number of anilines is 2. The maximum absolute atomic E-state index is 12.2. The first kappa shape index (κ1) is 16.9. The number of carbonyl (C=O) groups is 3. The summed E-state index contributed by atoms with van der Waals surface area (Å²) in [6.07, 6.45) is 1.47. The molecule has 0 aliphatic heterocycles. The molecule has 1 aromatic heterocycles. The minimum Gasteiger partial charge on any atom is -0.478 e. The van der Waals surface area contributed by atoms with E-state index in [1.807, 2.05) is 0 Å². The molecular formula is C16H16N4O4. The number of nitrogens with one attached hydrogen (secondary N) is 2. The van der Waals surface area contributed by atoms with E-state index in [0.717, 1.165) is 0 Å². The van der Waals surface area contributed by atoms with Gasteiger partial charge in [0.05, 0.1) is 16.8 Å². The van der Waals surface area contributed by atoms with E-state index in [9.17, 15) is 14.4 Å². The Morgan fingerprint density at radius 3 is 2.42 bits per heavy atom. The third-order valence-corrected chi connectivity index (χ3v) is 3.22. The Balaban J connectivity index is 2.08. The van der Waals surface area contributed by atoms with Gasteiger partial charge in [0.1, 0.15) is 6.04 Å². The number of hydrogen-bond donors (Lipinski definition) is 4. The zero-order valence-electron chi connectivity index (χ0n) is 12.8. The number of benzene rings is 1. The van der Waals surface area contributed by atoms with Crippen molar-refractivity contribution < 1.29 is 19.5 Å². The molecule has 1 atom stereocenters. The van der Waals surface area contributed by atoms with Gasteiger partial charge in [0.15, 0.2) is 5.82 Å². The summed E-state index contributed by atoms with van der Waals surface area (Å²) in [5.74, 6) is -2.22. The van der Waals surface area contributed by atoms with Crippen molar-refractivity contribution in [2.24, 2.45) is 0 Å². The monoisotopic (exact) mass is 328 g/mol. The highest BCUT2D eigenvalue weighted by molar-refractivity contribution is 6.07.